The summed E-state index contributed by atoms with van der Waals surface area (Å²) in [5.41, 5.74) is 0.0634. The van der Waals surface area contributed by atoms with Crippen LogP contribution in [0.15, 0.2) is 71.6 Å². The minimum atomic E-state index is -4.82. The molecule has 0 radical (unpaired) electrons. The van der Waals surface area contributed by atoms with E-state index >= 15 is 0 Å². The number of alkyl halides is 3. The average Bonchev–Trinajstić information content (AvgIpc) is 3.13. The summed E-state index contributed by atoms with van der Waals surface area (Å²) in [6.45, 7) is 0. The Labute approximate surface area is 185 Å². The number of amides is 1. The van der Waals surface area contributed by atoms with Gasteiger partial charge in [0.05, 0.1) is 21.5 Å². The highest BCUT2D eigenvalue weighted by Crippen LogP contribution is 2.34. The predicted molar refractivity (Wildman–Crippen MR) is 114 cm³/mol. The second kappa shape index (κ2) is 8.00. The quantitative estimate of drug-likeness (QED) is 0.427. The SMILES string of the molecule is CS(=O)(=O)c1ccc2c(c1)nc(C(F)(F)F)n2-c1ccc(NC(=O)c2ccccc2F)cc1. The minimum Gasteiger partial charge on any atom is -0.322 e. The van der Waals surface area contributed by atoms with Crippen molar-refractivity contribution in [1.29, 1.82) is 0 Å². The van der Waals surface area contributed by atoms with E-state index in [0.29, 0.717) is 0 Å². The third-order valence-corrected chi connectivity index (χ3v) is 5.92. The Morgan fingerprint density at radius 3 is 2.27 bits per heavy atom. The molecule has 1 N–H and O–H groups in total. The smallest absolute Gasteiger partial charge is 0.322 e. The fourth-order valence-corrected chi connectivity index (χ4v) is 3.92. The number of carbonyl (C=O) groups is 1. The van der Waals surface area contributed by atoms with E-state index in [2.05, 4.69) is 10.3 Å². The molecule has 0 aliphatic carbocycles. The molecule has 170 valence electrons. The van der Waals surface area contributed by atoms with Crippen molar-refractivity contribution in [2.75, 3.05) is 11.6 Å². The molecule has 6 nitrogen and oxygen atoms in total. The molecule has 0 spiro atoms. The molecule has 1 amide bonds. The summed E-state index contributed by atoms with van der Waals surface area (Å²) in [4.78, 5) is 15.7. The van der Waals surface area contributed by atoms with Crippen LogP contribution in [0.1, 0.15) is 16.2 Å². The van der Waals surface area contributed by atoms with Gasteiger partial charge in [-0.1, -0.05) is 12.1 Å². The van der Waals surface area contributed by atoms with Gasteiger partial charge in [-0.15, -0.1) is 0 Å². The lowest BCUT2D eigenvalue weighted by Gasteiger charge is -2.13. The van der Waals surface area contributed by atoms with Crippen LogP contribution >= 0.6 is 0 Å². The zero-order valence-corrected chi connectivity index (χ0v) is 17.7. The first-order valence-electron chi connectivity index (χ1n) is 9.41. The highest BCUT2D eigenvalue weighted by Gasteiger charge is 2.38. The van der Waals surface area contributed by atoms with Crippen molar-refractivity contribution >= 4 is 32.5 Å². The topological polar surface area (TPSA) is 81.1 Å². The zero-order chi connectivity index (χ0) is 24.0. The first-order valence-corrected chi connectivity index (χ1v) is 11.3. The molecule has 0 fully saturated rings. The number of aromatic nitrogens is 2. The van der Waals surface area contributed by atoms with Crippen LogP contribution in [0.2, 0.25) is 0 Å². The molecule has 0 aliphatic heterocycles. The van der Waals surface area contributed by atoms with Gasteiger partial charge in [0.15, 0.2) is 9.84 Å². The fourth-order valence-electron chi connectivity index (χ4n) is 3.28. The van der Waals surface area contributed by atoms with E-state index < -0.39 is 33.6 Å². The fraction of sp³-hybridized carbons (Fsp3) is 0.0909. The number of sulfone groups is 1. The molecule has 1 aromatic heterocycles. The van der Waals surface area contributed by atoms with E-state index in [1.54, 1.807) is 0 Å². The average molecular weight is 477 g/mol. The summed E-state index contributed by atoms with van der Waals surface area (Å²) in [6.07, 6.45) is -3.87. The monoisotopic (exact) mass is 477 g/mol. The molecule has 4 aromatic rings. The van der Waals surface area contributed by atoms with Crippen LogP contribution in [0.25, 0.3) is 16.7 Å². The molecule has 0 bridgehead atoms. The van der Waals surface area contributed by atoms with Crippen molar-refractivity contribution in [1.82, 2.24) is 9.55 Å². The number of rotatable bonds is 4. The summed E-state index contributed by atoms with van der Waals surface area (Å²) >= 11 is 0. The summed E-state index contributed by atoms with van der Waals surface area (Å²) in [7, 11) is -3.64. The number of carbonyl (C=O) groups excluding carboxylic acids is 1. The van der Waals surface area contributed by atoms with Crippen molar-refractivity contribution in [3.8, 4) is 5.69 Å². The normalized spacial score (nSPS) is 12.2. The Bertz CT molecular complexity index is 1480. The first kappa shape index (κ1) is 22.5. The number of benzene rings is 3. The van der Waals surface area contributed by atoms with E-state index in [-0.39, 0.29) is 32.9 Å². The van der Waals surface area contributed by atoms with Gasteiger partial charge >= 0.3 is 6.18 Å². The number of imidazole rings is 1. The predicted octanol–water partition coefficient (Wildman–Crippen LogP) is 4.84. The molecule has 3 aromatic carbocycles. The lowest BCUT2D eigenvalue weighted by Crippen LogP contribution is -2.15. The molecule has 4 rings (SSSR count). The van der Waals surface area contributed by atoms with E-state index in [9.17, 15) is 30.8 Å². The van der Waals surface area contributed by atoms with Crippen LogP contribution in [-0.2, 0) is 16.0 Å². The van der Waals surface area contributed by atoms with E-state index in [1.165, 1.54) is 54.6 Å². The molecular weight excluding hydrogens is 462 g/mol. The van der Waals surface area contributed by atoms with Crippen molar-refractivity contribution in [3.63, 3.8) is 0 Å². The van der Waals surface area contributed by atoms with Crippen molar-refractivity contribution < 1.29 is 30.8 Å². The molecular formula is C22H15F4N3O3S. The van der Waals surface area contributed by atoms with Crippen LogP contribution in [0.3, 0.4) is 0 Å². The Balaban J connectivity index is 1.74. The Morgan fingerprint density at radius 1 is 1.00 bits per heavy atom. The summed E-state index contributed by atoms with van der Waals surface area (Å²) in [5, 5.41) is 2.48. The number of fused-ring (bicyclic) bond motifs is 1. The van der Waals surface area contributed by atoms with Gasteiger partial charge < -0.3 is 5.32 Å². The van der Waals surface area contributed by atoms with Gasteiger partial charge in [0, 0.05) is 17.6 Å². The maximum absolute atomic E-state index is 13.8. The lowest BCUT2D eigenvalue weighted by atomic mass is 10.2. The molecule has 0 saturated heterocycles. The maximum Gasteiger partial charge on any atom is 0.450 e. The molecule has 0 atom stereocenters. The van der Waals surface area contributed by atoms with Crippen LogP contribution in [-0.4, -0.2) is 30.1 Å². The van der Waals surface area contributed by atoms with Gasteiger partial charge in [0.2, 0.25) is 5.82 Å². The highest BCUT2D eigenvalue weighted by atomic mass is 32.2. The van der Waals surface area contributed by atoms with Gasteiger partial charge in [0.25, 0.3) is 5.91 Å². The van der Waals surface area contributed by atoms with Crippen molar-refractivity contribution in [2.45, 2.75) is 11.1 Å². The van der Waals surface area contributed by atoms with Gasteiger partial charge in [-0.3, -0.25) is 9.36 Å². The molecule has 1 heterocycles. The third kappa shape index (κ3) is 4.44. The molecule has 0 saturated carbocycles. The van der Waals surface area contributed by atoms with E-state index in [1.807, 2.05) is 0 Å². The zero-order valence-electron chi connectivity index (χ0n) is 16.9. The molecule has 0 unspecified atom stereocenters. The number of anilines is 1. The lowest BCUT2D eigenvalue weighted by molar-refractivity contribution is -0.145. The number of nitrogens with zero attached hydrogens (tertiary/aromatic N) is 2. The molecule has 33 heavy (non-hydrogen) atoms. The molecule has 0 aliphatic rings. The summed E-state index contributed by atoms with van der Waals surface area (Å²) in [6, 6.07) is 14.3. The van der Waals surface area contributed by atoms with Crippen LogP contribution in [0.4, 0.5) is 23.2 Å². The number of hydrogen-bond donors (Lipinski definition) is 1. The van der Waals surface area contributed by atoms with Gasteiger partial charge in [0.1, 0.15) is 5.82 Å². The van der Waals surface area contributed by atoms with Gasteiger partial charge in [-0.25, -0.2) is 17.8 Å². The van der Waals surface area contributed by atoms with Crippen molar-refractivity contribution in [3.05, 3.63) is 83.9 Å². The molecule has 11 heteroatoms. The van der Waals surface area contributed by atoms with Crippen LogP contribution in [0.5, 0.6) is 0 Å². The largest absolute Gasteiger partial charge is 0.450 e. The number of halogens is 4. The third-order valence-electron chi connectivity index (χ3n) is 4.81. The highest BCUT2D eigenvalue weighted by molar-refractivity contribution is 7.90. The Hall–Kier alpha value is -3.73. The van der Waals surface area contributed by atoms with E-state index in [4.69, 9.17) is 0 Å². The second-order valence-corrected chi connectivity index (χ2v) is 9.19. The van der Waals surface area contributed by atoms with Crippen molar-refractivity contribution in [2.24, 2.45) is 0 Å². The van der Waals surface area contributed by atoms with Gasteiger partial charge in [-0.2, -0.15) is 13.2 Å². The summed E-state index contributed by atoms with van der Waals surface area (Å²) < 4.78 is 79.2. The van der Waals surface area contributed by atoms with Gasteiger partial charge in [-0.05, 0) is 54.6 Å². The maximum atomic E-state index is 13.8. The van der Waals surface area contributed by atoms with Crippen LogP contribution < -0.4 is 5.32 Å². The first-order chi connectivity index (χ1) is 15.4. The van der Waals surface area contributed by atoms with Crippen LogP contribution in [0, 0.1) is 5.82 Å². The standard InChI is InChI=1S/C22H15F4N3O3S/c1-33(31,32)15-10-11-19-18(12-15)28-21(22(24,25)26)29(19)14-8-6-13(7-9-14)27-20(30)16-4-2-3-5-17(16)23/h2-12H,1H3,(H,27,30). The van der Waals surface area contributed by atoms with E-state index in [0.717, 1.165) is 23.0 Å². The second-order valence-electron chi connectivity index (χ2n) is 7.17. The summed E-state index contributed by atoms with van der Waals surface area (Å²) in [5.74, 6) is -2.65. The minimum absolute atomic E-state index is 0.0536. The number of nitrogens with one attached hydrogen (secondary N) is 1. The Morgan fingerprint density at radius 2 is 1.67 bits per heavy atom. The Kier molecular flexibility index (Phi) is 5.44. The number of hydrogen-bond acceptors (Lipinski definition) is 4.